The molecular weight excluding hydrogens is 314 g/mol. The van der Waals surface area contributed by atoms with Gasteiger partial charge >= 0.3 is 5.97 Å². The Hall–Kier alpha value is -2.15. The smallest absolute Gasteiger partial charge is 0.341 e. The number of rotatable bonds is 6. The third-order valence-electron chi connectivity index (χ3n) is 3.45. The maximum atomic E-state index is 12.1. The van der Waals surface area contributed by atoms with E-state index in [1.165, 1.54) is 11.3 Å². The number of hydrogen-bond donors (Lipinski definition) is 1. The van der Waals surface area contributed by atoms with Crippen molar-refractivity contribution in [2.45, 2.75) is 40.7 Å². The third kappa shape index (κ3) is 4.19. The predicted octanol–water partition coefficient (Wildman–Crippen LogP) is 3.08. The Labute approximate surface area is 139 Å². The quantitative estimate of drug-likeness (QED) is 0.823. The molecule has 0 aromatic carbocycles. The highest BCUT2D eigenvalue weighted by molar-refractivity contribution is 7.16. The van der Waals surface area contributed by atoms with Crippen molar-refractivity contribution in [1.29, 1.82) is 0 Å². The number of amides is 1. The van der Waals surface area contributed by atoms with Gasteiger partial charge in [-0.1, -0.05) is 0 Å². The second kappa shape index (κ2) is 7.41. The van der Waals surface area contributed by atoms with Crippen LogP contribution >= 0.6 is 11.3 Å². The SMILES string of the molecule is CCOC(=O)c1c(NC(=O)CCn2cc(C)cn2)sc(C)c1C. The maximum absolute atomic E-state index is 12.1. The van der Waals surface area contributed by atoms with Gasteiger partial charge in [-0.3, -0.25) is 9.48 Å². The first-order valence-corrected chi connectivity index (χ1v) is 8.30. The van der Waals surface area contributed by atoms with Gasteiger partial charge in [0.25, 0.3) is 0 Å². The summed E-state index contributed by atoms with van der Waals surface area (Å²) >= 11 is 1.39. The molecule has 7 heteroatoms. The zero-order valence-electron chi connectivity index (χ0n) is 13.8. The molecular formula is C16H21N3O3S. The molecule has 124 valence electrons. The molecule has 2 rings (SSSR count). The number of carbonyl (C=O) groups excluding carboxylic acids is 2. The monoisotopic (exact) mass is 335 g/mol. The first-order chi connectivity index (χ1) is 10.9. The van der Waals surface area contributed by atoms with Crippen LogP contribution in [0.2, 0.25) is 0 Å². The second-order valence-corrected chi connectivity index (χ2v) is 6.51. The van der Waals surface area contributed by atoms with Crippen LogP contribution in [0.5, 0.6) is 0 Å². The minimum atomic E-state index is -0.396. The zero-order chi connectivity index (χ0) is 17.0. The van der Waals surface area contributed by atoms with Gasteiger partial charge in [0.1, 0.15) is 5.00 Å². The van der Waals surface area contributed by atoms with E-state index in [0.29, 0.717) is 30.1 Å². The predicted molar refractivity (Wildman–Crippen MR) is 90.0 cm³/mol. The van der Waals surface area contributed by atoms with Crippen molar-refractivity contribution >= 4 is 28.2 Å². The number of nitrogens with one attached hydrogen (secondary N) is 1. The number of thiophene rings is 1. The van der Waals surface area contributed by atoms with E-state index in [1.54, 1.807) is 17.8 Å². The third-order valence-corrected chi connectivity index (χ3v) is 4.57. The Morgan fingerprint density at radius 2 is 2.09 bits per heavy atom. The van der Waals surface area contributed by atoms with Crippen LogP contribution in [0.3, 0.4) is 0 Å². The van der Waals surface area contributed by atoms with Crippen molar-refractivity contribution in [2.75, 3.05) is 11.9 Å². The number of anilines is 1. The Kier molecular flexibility index (Phi) is 5.54. The number of esters is 1. The summed E-state index contributed by atoms with van der Waals surface area (Å²) in [7, 11) is 0. The number of nitrogens with zero attached hydrogens (tertiary/aromatic N) is 2. The molecule has 0 bridgehead atoms. The van der Waals surface area contributed by atoms with Gasteiger partial charge in [-0.05, 0) is 38.8 Å². The molecule has 0 unspecified atom stereocenters. The number of carbonyl (C=O) groups is 2. The van der Waals surface area contributed by atoms with Crippen molar-refractivity contribution < 1.29 is 14.3 Å². The fraction of sp³-hybridized carbons (Fsp3) is 0.438. The first kappa shape index (κ1) is 17.2. The lowest BCUT2D eigenvalue weighted by Crippen LogP contribution is -2.16. The van der Waals surface area contributed by atoms with E-state index < -0.39 is 5.97 Å². The van der Waals surface area contributed by atoms with Crippen LogP contribution in [-0.2, 0) is 16.1 Å². The van der Waals surface area contributed by atoms with Crippen molar-refractivity contribution in [3.63, 3.8) is 0 Å². The van der Waals surface area contributed by atoms with Gasteiger partial charge in [0.15, 0.2) is 0 Å². The average molecular weight is 335 g/mol. The normalized spacial score (nSPS) is 10.6. The van der Waals surface area contributed by atoms with Crippen LogP contribution in [0.15, 0.2) is 12.4 Å². The summed E-state index contributed by atoms with van der Waals surface area (Å²) in [5, 5.41) is 7.53. The lowest BCUT2D eigenvalue weighted by atomic mass is 10.1. The van der Waals surface area contributed by atoms with Crippen LogP contribution in [0.1, 0.15) is 39.7 Å². The molecule has 2 aromatic heterocycles. The van der Waals surface area contributed by atoms with Gasteiger partial charge in [0.2, 0.25) is 5.91 Å². The van der Waals surface area contributed by atoms with E-state index in [4.69, 9.17) is 4.74 Å². The molecule has 0 aliphatic carbocycles. The van der Waals surface area contributed by atoms with Gasteiger partial charge < -0.3 is 10.1 Å². The summed E-state index contributed by atoms with van der Waals surface area (Å²) in [6, 6.07) is 0. The van der Waals surface area contributed by atoms with Crippen molar-refractivity contribution in [1.82, 2.24) is 9.78 Å². The average Bonchev–Trinajstić information content (AvgIpc) is 3.01. The van der Waals surface area contributed by atoms with Crippen LogP contribution < -0.4 is 5.32 Å². The van der Waals surface area contributed by atoms with Crippen LogP contribution in [0.25, 0.3) is 0 Å². The molecule has 0 saturated carbocycles. The lowest BCUT2D eigenvalue weighted by molar-refractivity contribution is -0.116. The fourth-order valence-corrected chi connectivity index (χ4v) is 3.22. The topological polar surface area (TPSA) is 73.2 Å². The van der Waals surface area contributed by atoms with Gasteiger partial charge in [-0.2, -0.15) is 5.10 Å². The summed E-state index contributed by atoms with van der Waals surface area (Å²) in [5.41, 5.74) is 2.36. The molecule has 0 aliphatic heterocycles. The Balaban J connectivity index is 2.05. The summed E-state index contributed by atoms with van der Waals surface area (Å²) in [6.07, 6.45) is 3.93. The fourth-order valence-electron chi connectivity index (χ4n) is 2.16. The van der Waals surface area contributed by atoms with Gasteiger partial charge in [0, 0.05) is 24.0 Å². The summed E-state index contributed by atoms with van der Waals surface area (Å²) < 4.78 is 6.81. The van der Waals surface area contributed by atoms with E-state index in [1.807, 2.05) is 27.0 Å². The Bertz CT molecular complexity index is 718. The number of aromatic nitrogens is 2. The Morgan fingerprint density at radius 3 is 2.70 bits per heavy atom. The van der Waals surface area contributed by atoms with E-state index in [9.17, 15) is 9.59 Å². The first-order valence-electron chi connectivity index (χ1n) is 7.48. The summed E-state index contributed by atoms with van der Waals surface area (Å²) in [5.74, 6) is -0.544. The highest BCUT2D eigenvalue weighted by Gasteiger charge is 2.21. The maximum Gasteiger partial charge on any atom is 0.341 e. The molecule has 1 N–H and O–H groups in total. The highest BCUT2D eigenvalue weighted by Crippen LogP contribution is 2.33. The molecule has 0 atom stereocenters. The van der Waals surface area contributed by atoms with E-state index >= 15 is 0 Å². The molecule has 0 fully saturated rings. The zero-order valence-corrected chi connectivity index (χ0v) is 14.6. The summed E-state index contributed by atoms with van der Waals surface area (Å²) in [4.78, 5) is 25.2. The standard InChI is InChI=1S/C16H21N3O3S/c1-5-22-16(21)14-11(3)12(4)23-15(14)18-13(20)6-7-19-9-10(2)8-17-19/h8-9H,5-7H2,1-4H3,(H,18,20). The van der Waals surface area contributed by atoms with Gasteiger partial charge in [0.05, 0.1) is 18.4 Å². The summed E-state index contributed by atoms with van der Waals surface area (Å²) in [6.45, 7) is 8.30. The van der Waals surface area contributed by atoms with Gasteiger partial charge in [-0.25, -0.2) is 4.79 Å². The largest absolute Gasteiger partial charge is 0.462 e. The van der Waals surface area contributed by atoms with Crippen molar-refractivity contribution in [2.24, 2.45) is 0 Å². The number of aryl methyl sites for hydroxylation is 3. The molecule has 0 saturated heterocycles. The molecule has 23 heavy (non-hydrogen) atoms. The van der Waals surface area contributed by atoms with Crippen LogP contribution in [0, 0.1) is 20.8 Å². The van der Waals surface area contributed by atoms with Gasteiger partial charge in [-0.15, -0.1) is 11.3 Å². The molecule has 0 radical (unpaired) electrons. The van der Waals surface area contributed by atoms with E-state index in [2.05, 4.69) is 10.4 Å². The molecule has 6 nitrogen and oxygen atoms in total. The van der Waals surface area contributed by atoms with E-state index in [-0.39, 0.29) is 5.91 Å². The number of ether oxygens (including phenoxy) is 1. The van der Waals surface area contributed by atoms with E-state index in [0.717, 1.165) is 16.0 Å². The molecule has 0 spiro atoms. The van der Waals surface area contributed by atoms with Crippen LogP contribution in [0.4, 0.5) is 5.00 Å². The molecule has 2 aromatic rings. The van der Waals surface area contributed by atoms with Crippen LogP contribution in [-0.4, -0.2) is 28.3 Å². The second-order valence-electron chi connectivity index (χ2n) is 5.29. The van der Waals surface area contributed by atoms with Crippen molar-refractivity contribution in [3.8, 4) is 0 Å². The highest BCUT2D eigenvalue weighted by atomic mass is 32.1. The molecule has 1 amide bonds. The van der Waals surface area contributed by atoms with Crippen molar-refractivity contribution in [3.05, 3.63) is 34.0 Å². The minimum absolute atomic E-state index is 0.148. The number of hydrogen-bond acceptors (Lipinski definition) is 5. The minimum Gasteiger partial charge on any atom is -0.462 e. The molecule has 0 aliphatic rings. The lowest BCUT2D eigenvalue weighted by Gasteiger charge is -2.07. The molecule has 2 heterocycles. The Morgan fingerprint density at radius 1 is 1.35 bits per heavy atom.